The Kier molecular flexibility index (Phi) is 7.33. The van der Waals surface area contributed by atoms with E-state index < -0.39 is 18.4 Å². The van der Waals surface area contributed by atoms with Gasteiger partial charge in [0.25, 0.3) is 5.91 Å². The molecule has 114 valence electrons. The first kappa shape index (κ1) is 18.5. The van der Waals surface area contributed by atoms with E-state index in [0.717, 1.165) is 12.1 Å². The van der Waals surface area contributed by atoms with Gasteiger partial charge < -0.3 is 20.5 Å². The molecule has 20 heavy (non-hydrogen) atoms. The van der Waals surface area contributed by atoms with Crippen molar-refractivity contribution in [3.63, 3.8) is 0 Å². The van der Waals surface area contributed by atoms with Gasteiger partial charge in [-0.15, -0.1) is 25.6 Å². The second-order valence-electron chi connectivity index (χ2n) is 3.52. The molecule has 0 saturated heterocycles. The Hall–Kier alpha value is -1.51. The summed E-state index contributed by atoms with van der Waals surface area (Å²) < 4.78 is 44.3. The zero-order valence-electron chi connectivity index (χ0n) is 10.4. The molecule has 0 bridgehead atoms. The monoisotopic (exact) mass is 314 g/mol. The lowest BCUT2D eigenvalue weighted by Crippen LogP contribution is -2.35. The molecule has 0 heterocycles. The van der Waals surface area contributed by atoms with E-state index >= 15 is 0 Å². The number of nitrogens with two attached hydrogens (primary N) is 1. The summed E-state index contributed by atoms with van der Waals surface area (Å²) >= 11 is 0. The van der Waals surface area contributed by atoms with Crippen LogP contribution in [-0.4, -0.2) is 32.0 Å². The highest BCUT2D eigenvalue weighted by molar-refractivity contribution is 5.94. The first-order valence-electron chi connectivity index (χ1n) is 5.25. The third-order valence-corrected chi connectivity index (χ3v) is 2.15. The van der Waals surface area contributed by atoms with Gasteiger partial charge in [0.15, 0.2) is 0 Å². The lowest BCUT2D eigenvalue weighted by Gasteiger charge is -2.13. The van der Waals surface area contributed by atoms with E-state index in [0.29, 0.717) is 5.69 Å². The fourth-order valence-corrected chi connectivity index (χ4v) is 1.27. The summed E-state index contributed by atoms with van der Waals surface area (Å²) in [5, 5.41) is 2.45. The average molecular weight is 315 g/mol. The van der Waals surface area contributed by atoms with E-state index in [-0.39, 0.29) is 24.7 Å². The summed E-state index contributed by atoms with van der Waals surface area (Å²) in [5.41, 5.74) is 5.62. The SMILES string of the molecule is COC(CN)C(=O)Nc1ccc(OC(F)(F)F)cc1.Cl. The van der Waals surface area contributed by atoms with Crippen LogP contribution >= 0.6 is 12.4 Å². The molecule has 0 aromatic heterocycles. The van der Waals surface area contributed by atoms with Gasteiger partial charge in [0, 0.05) is 19.3 Å². The summed E-state index contributed by atoms with van der Waals surface area (Å²) in [7, 11) is 1.33. The predicted octanol–water partition coefficient (Wildman–Crippen LogP) is 1.92. The van der Waals surface area contributed by atoms with Crippen molar-refractivity contribution in [2.24, 2.45) is 5.73 Å². The Morgan fingerprint density at radius 1 is 1.35 bits per heavy atom. The molecular formula is C11H14ClF3N2O3. The molecule has 1 unspecified atom stereocenters. The maximum atomic E-state index is 11.9. The molecule has 0 saturated carbocycles. The fourth-order valence-electron chi connectivity index (χ4n) is 1.27. The number of amides is 1. The van der Waals surface area contributed by atoms with E-state index in [1.165, 1.54) is 19.2 Å². The zero-order valence-corrected chi connectivity index (χ0v) is 11.3. The van der Waals surface area contributed by atoms with Crippen molar-refractivity contribution in [1.29, 1.82) is 0 Å². The normalized spacial score (nSPS) is 12.2. The second kappa shape index (κ2) is 7.93. The van der Waals surface area contributed by atoms with Crippen LogP contribution in [0.15, 0.2) is 24.3 Å². The van der Waals surface area contributed by atoms with Crippen LogP contribution in [0.5, 0.6) is 5.75 Å². The lowest BCUT2D eigenvalue weighted by atomic mass is 10.2. The number of carbonyl (C=O) groups excluding carboxylic acids is 1. The summed E-state index contributed by atoms with van der Waals surface area (Å²) in [6.07, 6.45) is -5.56. The Bertz CT molecular complexity index is 422. The molecule has 0 aliphatic rings. The number of ether oxygens (including phenoxy) is 2. The fraction of sp³-hybridized carbons (Fsp3) is 0.364. The maximum absolute atomic E-state index is 11.9. The Morgan fingerprint density at radius 2 is 1.90 bits per heavy atom. The highest BCUT2D eigenvalue weighted by Crippen LogP contribution is 2.23. The molecular weight excluding hydrogens is 301 g/mol. The van der Waals surface area contributed by atoms with Crippen molar-refractivity contribution in [3.05, 3.63) is 24.3 Å². The molecule has 5 nitrogen and oxygen atoms in total. The number of nitrogens with one attached hydrogen (secondary N) is 1. The van der Waals surface area contributed by atoms with Gasteiger partial charge in [-0.25, -0.2) is 0 Å². The van der Waals surface area contributed by atoms with Gasteiger partial charge in [0.2, 0.25) is 0 Å². The van der Waals surface area contributed by atoms with Crippen LogP contribution in [0.4, 0.5) is 18.9 Å². The van der Waals surface area contributed by atoms with Crippen molar-refractivity contribution >= 4 is 24.0 Å². The topological polar surface area (TPSA) is 73.6 Å². The number of hydrogen-bond acceptors (Lipinski definition) is 4. The summed E-state index contributed by atoms with van der Waals surface area (Å²) in [6.45, 7) is -0.00238. The van der Waals surface area contributed by atoms with Crippen LogP contribution in [0.1, 0.15) is 0 Å². The van der Waals surface area contributed by atoms with Gasteiger partial charge in [-0.05, 0) is 24.3 Å². The van der Waals surface area contributed by atoms with Gasteiger partial charge in [0.1, 0.15) is 11.9 Å². The summed E-state index contributed by atoms with van der Waals surface area (Å²) in [6, 6.07) is 4.74. The predicted molar refractivity (Wildman–Crippen MR) is 68.9 cm³/mol. The van der Waals surface area contributed by atoms with Crippen LogP contribution in [0.2, 0.25) is 0 Å². The zero-order chi connectivity index (χ0) is 14.5. The molecule has 1 rings (SSSR count). The van der Waals surface area contributed by atoms with Crippen molar-refractivity contribution in [2.75, 3.05) is 19.0 Å². The van der Waals surface area contributed by atoms with Gasteiger partial charge in [-0.1, -0.05) is 0 Å². The number of anilines is 1. The number of hydrogen-bond donors (Lipinski definition) is 2. The van der Waals surface area contributed by atoms with Crippen LogP contribution in [0, 0.1) is 0 Å². The van der Waals surface area contributed by atoms with Gasteiger partial charge in [-0.3, -0.25) is 4.79 Å². The Morgan fingerprint density at radius 3 is 2.30 bits per heavy atom. The molecule has 1 aromatic carbocycles. The minimum atomic E-state index is -4.74. The molecule has 0 aliphatic heterocycles. The van der Waals surface area contributed by atoms with Crippen molar-refractivity contribution in [1.82, 2.24) is 0 Å². The number of carbonyl (C=O) groups is 1. The maximum Gasteiger partial charge on any atom is 0.573 e. The van der Waals surface area contributed by atoms with Crippen molar-refractivity contribution in [2.45, 2.75) is 12.5 Å². The van der Waals surface area contributed by atoms with E-state index in [4.69, 9.17) is 10.5 Å². The summed E-state index contributed by atoms with van der Waals surface area (Å²) in [4.78, 5) is 11.6. The average Bonchev–Trinajstić information content (AvgIpc) is 2.31. The van der Waals surface area contributed by atoms with Crippen molar-refractivity contribution in [3.8, 4) is 5.75 Å². The molecule has 9 heteroatoms. The van der Waals surface area contributed by atoms with E-state index in [2.05, 4.69) is 10.1 Å². The van der Waals surface area contributed by atoms with E-state index in [9.17, 15) is 18.0 Å². The van der Waals surface area contributed by atoms with E-state index in [1.54, 1.807) is 0 Å². The Balaban J connectivity index is 0.00000361. The molecule has 0 spiro atoms. The van der Waals surface area contributed by atoms with Crippen LogP contribution in [0.25, 0.3) is 0 Å². The van der Waals surface area contributed by atoms with Crippen LogP contribution in [0.3, 0.4) is 0 Å². The number of methoxy groups -OCH3 is 1. The molecule has 0 fully saturated rings. The third kappa shape index (κ3) is 6.09. The first-order chi connectivity index (χ1) is 8.85. The second-order valence-corrected chi connectivity index (χ2v) is 3.52. The molecule has 1 amide bonds. The molecule has 1 aromatic rings. The third-order valence-electron chi connectivity index (χ3n) is 2.15. The number of halogens is 4. The lowest BCUT2D eigenvalue weighted by molar-refractivity contribution is -0.274. The van der Waals surface area contributed by atoms with Crippen molar-refractivity contribution < 1.29 is 27.4 Å². The minimum Gasteiger partial charge on any atom is -0.406 e. The standard InChI is InChI=1S/C11H13F3N2O3.ClH/c1-18-9(6-15)10(17)16-7-2-4-8(5-3-7)19-11(12,13)14;/h2-5,9H,6,15H2,1H3,(H,16,17);1H. The van der Waals surface area contributed by atoms with Gasteiger partial charge >= 0.3 is 6.36 Å². The quantitative estimate of drug-likeness (QED) is 0.871. The molecule has 0 radical (unpaired) electrons. The number of alkyl halides is 3. The highest BCUT2D eigenvalue weighted by atomic mass is 35.5. The van der Waals surface area contributed by atoms with Gasteiger partial charge in [0.05, 0.1) is 0 Å². The number of benzene rings is 1. The first-order valence-corrected chi connectivity index (χ1v) is 5.25. The van der Waals surface area contributed by atoms with E-state index in [1.807, 2.05) is 0 Å². The molecule has 3 N–H and O–H groups in total. The van der Waals surface area contributed by atoms with Crippen LogP contribution < -0.4 is 15.8 Å². The van der Waals surface area contributed by atoms with Crippen LogP contribution in [-0.2, 0) is 9.53 Å². The Labute approximate surface area is 119 Å². The smallest absolute Gasteiger partial charge is 0.406 e. The molecule has 1 atom stereocenters. The largest absolute Gasteiger partial charge is 0.573 e. The minimum absolute atomic E-state index is 0. The number of rotatable bonds is 5. The summed E-state index contributed by atoms with van der Waals surface area (Å²) in [5.74, 6) is -0.845. The highest BCUT2D eigenvalue weighted by Gasteiger charge is 2.31. The molecule has 0 aliphatic carbocycles. The van der Waals surface area contributed by atoms with Gasteiger partial charge in [-0.2, -0.15) is 0 Å².